The van der Waals surface area contributed by atoms with Crippen LogP contribution in [0.2, 0.25) is 0 Å². The maximum absolute atomic E-state index is 11.9. The molecule has 1 aromatic rings. The number of hydrogen-bond donors (Lipinski definition) is 3. The van der Waals surface area contributed by atoms with Gasteiger partial charge < -0.3 is 16.0 Å². The van der Waals surface area contributed by atoms with Crippen LogP contribution in [0, 0.1) is 23.2 Å². The van der Waals surface area contributed by atoms with E-state index >= 15 is 0 Å². The lowest BCUT2D eigenvalue weighted by Crippen LogP contribution is -2.59. The monoisotopic (exact) mass is 259 g/mol. The van der Waals surface area contributed by atoms with Gasteiger partial charge in [-0.25, -0.2) is 0 Å². The quantitative estimate of drug-likeness (QED) is 0.778. The van der Waals surface area contributed by atoms with E-state index in [1.165, 1.54) is 18.5 Å². The van der Waals surface area contributed by atoms with E-state index in [2.05, 4.69) is 16.4 Å². The van der Waals surface area contributed by atoms with Crippen molar-refractivity contribution in [2.45, 2.75) is 38.1 Å². The molecule has 4 aliphatic carbocycles. The standard InChI is InChI=1S/C15H21N3O/c16-14(19)15-5-9-3-10(6-15)13(11(4-9)7-15)18-12-1-2-17-8-12/h1-2,8-11,13,17-18H,3-7H2,(H2,16,19). The van der Waals surface area contributed by atoms with Gasteiger partial charge in [0.15, 0.2) is 0 Å². The van der Waals surface area contributed by atoms with E-state index in [-0.39, 0.29) is 11.3 Å². The van der Waals surface area contributed by atoms with Crippen LogP contribution in [0.15, 0.2) is 18.5 Å². The fourth-order valence-corrected chi connectivity index (χ4v) is 5.17. The van der Waals surface area contributed by atoms with E-state index in [4.69, 9.17) is 5.73 Å². The molecule has 0 spiro atoms. The second-order valence-electron chi connectivity index (χ2n) is 6.88. The molecule has 1 aromatic heterocycles. The lowest BCUT2D eigenvalue weighted by atomic mass is 9.47. The molecule has 0 aromatic carbocycles. The van der Waals surface area contributed by atoms with Gasteiger partial charge >= 0.3 is 0 Å². The Morgan fingerprint density at radius 2 is 2.05 bits per heavy atom. The van der Waals surface area contributed by atoms with Gasteiger partial charge in [-0.05, 0) is 55.9 Å². The van der Waals surface area contributed by atoms with Crippen molar-refractivity contribution in [1.82, 2.24) is 4.98 Å². The number of aromatic amines is 1. The van der Waals surface area contributed by atoms with E-state index in [9.17, 15) is 4.79 Å². The predicted molar refractivity (Wildman–Crippen MR) is 73.4 cm³/mol. The minimum atomic E-state index is -0.174. The number of carbonyl (C=O) groups is 1. The number of anilines is 1. The number of aromatic nitrogens is 1. The van der Waals surface area contributed by atoms with Crippen LogP contribution in [0.1, 0.15) is 32.1 Å². The number of nitrogens with two attached hydrogens (primary N) is 1. The summed E-state index contributed by atoms with van der Waals surface area (Å²) in [4.78, 5) is 15.0. The van der Waals surface area contributed by atoms with E-state index in [1.807, 2.05) is 12.4 Å². The zero-order valence-electron chi connectivity index (χ0n) is 11.1. The molecule has 4 aliphatic rings. The van der Waals surface area contributed by atoms with Crippen LogP contribution in [-0.2, 0) is 4.79 Å². The Morgan fingerprint density at radius 3 is 2.63 bits per heavy atom. The molecule has 5 rings (SSSR count). The van der Waals surface area contributed by atoms with Crippen LogP contribution in [-0.4, -0.2) is 16.9 Å². The SMILES string of the molecule is NC(=O)C12CC3CC(C1)C(Nc1cc[nH]c1)C(C3)C2. The number of rotatable bonds is 3. The highest BCUT2D eigenvalue weighted by Gasteiger charge is 2.57. The first-order valence-electron chi connectivity index (χ1n) is 7.35. The molecule has 2 atom stereocenters. The van der Waals surface area contributed by atoms with Crippen molar-refractivity contribution in [1.29, 1.82) is 0 Å². The van der Waals surface area contributed by atoms with Gasteiger partial charge in [0.05, 0.1) is 5.69 Å². The first-order chi connectivity index (χ1) is 9.16. The molecule has 0 radical (unpaired) electrons. The van der Waals surface area contributed by atoms with Gasteiger partial charge in [-0.1, -0.05) is 0 Å². The van der Waals surface area contributed by atoms with Gasteiger partial charge in [0.25, 0.3) is 0 Å². The maximum atomic E-state index is 11.9. The number of carbonyl (C=O) groups excluding carboxylic acids is 1. The Hall–Kier alpha value is -1.45. The number of H-pyrrole nitrogens is 1. The van der Waals surface area contributed by atoms with Crippen LogP contribution in [0.3, 0.4) is 0 Å². The average molecular weight is 259 g/mol. The fourth-order valence-electron chi connectivity index (χ4n) is 5.17. The lowest BCUT2D eigenvalue weighted by molar-refractivity contribution is -0.143. The third-order valence-electron chi connectivity index (χ3n) is 5.73. The van der Waals surface area contributed by atoms with Crippen molar-refractivity contribution in [2.24, 2.45) is 28.9 Å². The topological polar surface area (TPSA) is 70.9 Å². The van der Waals surface area contributed by atoms with Crippen molar-refractivity contribution in [2.75, 3.05) is 5.32 Å². The third-order valence-corrected chi connectivity index (χ3v) is 5.73. The van der Waals surface area contributed by atoms with Crippen LogP contribution >= 0.6 is 0 Å². The van der Waals surface area contributed by atoms with Crippen molar-refractivity contribution in [3.05, 3.63) is 18.5 Å². The Morgan fingerprint density at radius 1 is 1.32 bits per heavy atom. The predicted octanol–water partition coefficient (Wildman–Crippen LogP) is 2.11. The van der Waals surface area contributed by atoms with Gasteiger partial charge in [-0.2, -0.15) is 0 Å². The molecule has 19 heavy (non-hydrogen) atoms. The Kier molecular flexibility index (Phi) is 2.26. The first kappa shape index (κ1) is 11.4. The maximum Gasteiger partial charge on any atom is 0.223 e. The zero-order chi connectivity index (χ0) is 13.0. The highest BCUT2D eigenvalue weighted by atomic mass is 16.1. The normalized spacial score (nSPS) is 43.4. The lowest BCUT2D eigenvalue weighted by Gasteiger charge is -2.59. The summed E-state index contributed by atoms with van der Waals surface area (Å²) < 4.78 is 0. The van der Waals surface area contributed by atoms with Gasteiger partial charge in [-0.15, -0.1) is 0 Å². The van der Waals surface area contributed by atoms with Crippen molar-refractivity contribution in [3.8, 4) is 0 Å². The van der Waals surface area contributed by atoms with Gasteiger partial charge in [0.2, 0.25) is 5.91 Å². The average Bonchev–Trinajstić information content (AvgIpc) is 2.85. The van der Waals surface area contributed by atoms with E-state index < -0.39 is 0 Å². The Labute approximate surface area is 113 Å². The number of hydrogen-bond acceptors (Lipinski definition) is 2. The molecule has 4 N–H and O–H groups in total. The minimum absolute atomic E-state index is 0.0491. The molecule has 4 fully saturated rings. The van der Waals surface area contributed by atoms with E-state index in [1.54, 1.807) is 0 Å². The van der Waals surface area contributed by atoms with Crippen LogP contribution in [0.25, 0.3) is 0 Å². The summed E-state index contributed by atoms with van der Waals surface area (Å²) in [7, 11) is 0. The minimum Gasteiger partial charge on any atom is -0.381 e. The molecular formula is C15H21N3O. The molecule has 102 valence electrons. The smallest absolute Gasteiger partial charge is 0.223 e. The Balaban J connectivity index is 1.60. The summed E-state index contributed by atoms with van der Waals surface area (Å²) in [6.45, 7) is 0. The molecule has 0 aliphatic heterocycles. The van der Waals surface area contributed by atoms with Crippen LogP contribution < -0.4 is 11.1 Å². The van der Waals surface area contributed by atoms with Gasteiger partial charge in [-0.3, -0.25) is 4.79 Å². The van der Waals surface area contributed by atoms with Crippen LogP contribution in [0.4, 0.5) is 5.69 Å². The van der Waals surface area contributed by atoms with E-state index in [0.717, 1.165) is 25.2 Å². The summed E-state index contributed by atoms with van der Waals surface area (Å²) in [6.07, 6.45) is 9.54. The van der Waals surface area contributed by atoms with Crippen molar-refractivity contribution < 1.29 is 4.79 Å². The summed E-state index contributed by atoms with van der Waals surface area (Å²) in [5.74, 6) is 1.92. The summed E-state index contributed by atoms with van der Waals surface area (Å²) >= 11 is 0. The van der Waals surface area contributed by atoms with Crippen molar-refractivity contribution >= 4 is 11.6 Å². The summed E-state index contributed by atoms with van der Waals surface area (Å²) in [5, 5.41) is 3.68. The molecule has 0 saturated heterocycles. The number of primary amides is 1. The Bertz CT molecular complexity index is 479. The van der Waals surface area contributed by atoms with Crippen molar-refractivity contribution in [3.63, 3.8) is 0 Å². The molecule has 1 heterocycles. The van der Waals surface area contributed by atoms with Gasteiger partial charge in [0.1, 0.15) is 0 Å². The molecular weight excluding hydrogens is 238 g/mol. The van der Waals surface area contributed by atoms with E-state index in [0.29, 0.717) is 17.9 Å². The summed E-state index contributed by atoms with van der Waals surface area (Å²) in [6, 6.07) is 2.61. The molecule has 4 heteroatoms. The largest absolute Gasteiger partial charge is 0.381 e. The molecule has 4 nitrogen and oxygen atoms in total. The second-order valence-corrected chi connectivity index (χ2v) is 6.88. The second kappa shape index (κ2) is 3.78. The zero-order valence-corrected chi connectivity index (χ0v) is 11.1. The molecule has 4 bridgehead atoms. The fraction of sp³-hybridized carbons (Fsp3) is 0.667. The number of nitrogens with one attached hydrogen (secondary N) is 2. The van der Waals surface area contributed by atoms with Crippen LogP contribution in [0.5, 0.6) is 0 Å². The van der Waals surface area contributed by atoms with Gasteiger partial charge in [0, 0.05) is 23.9 Å². The number of amides is 1. The molecule has 4 saturated carbocycles. The summed E-state index contributed by atoms with van der Waals surface area (Å²) in [5.41, 5.74) is 6.71. The molecule has 2 unspecified atom stereocenters. The highest BCUT2D eigenvalue weighted by Crippen LogP contribution is 2.60. The molecule has 1 amide bonds. The highest BCUT2D eigenvalue weighted by molar-refractivity contribution is 5.81. The first-order valence-corrected chi connectivity index (χ1v) is 7.35. The third kappa shape index (κ3) is 1.62.